The van der Waals surface area contributed by atoms with Crippen molar-refractivity contribution in [3.05, 3.63) is 23.3 Å². The van der Waals surface area contributed by atoms with Crippen LogP contribution in [-0.4, -0.2) is 44.5 Å². The number of carbonyl (C=O) groups is 2. The summed E-state index contributed by atoms with van der Waals surface area (Å²) in [5, 5.41) is 21.6. The smallest absolute Gasteiger partial charge is 0.134 e. The van der Waals surface area contributed by atoms with Gasteiger partial charge in [-0.05, 0) is 161 Å². The predicted octanol–water partition coefficient (Wildman–Crippen LogP) is 9.38. The fourth-order valence-corrected chi connectivity index (χ4v) is 19.1. The van der Waals surface area contributed by atoms with Crippen LogP contribution in [0.1, 0.15) is 131 Å². The second-order valence-electron chi connectivity index (χ2n) is 19.3. The van der Waals surface area contributed by atoms with Gasteiger partial charge in [0.05, 0.1) is 12.2 Å². The summed E-state index contributed by atoms with van der Waals surface area (Å²) in [7, 11) is 4.02. The van der Waals surface area contributed by atoms with Crippen molar-refractivity contribution in [3.8, 4) is 0 Å². The van der Waals surface area contributed by atoms with Crippen LogP contribution in [0.3, 0.4) is 0 Å². The van der Waals surface area contributed by atoms with E-state index in [1.54, 1.807) is 0 Å². The number of carbonyl (C=O) groups excluding carboxylic acids is 2. The maximum absolute atomic E-state index is 13.6. The molecular weight excluding hydrogens is 633 g/mol. The summed E-state index contributed by atoms with van der Waals surface area (Å²) in [6.07, 6.45) is 19.6. The molecule has 2 N–H and O–H groups in total. The number of hydrogen-bond donors (Lipinski definition) is 2. The van der Waals surface area contributed by atoms with Crippen LogP contribution in [0.2, 0.25) is 0 Å². The quantitative estimate of drug-likeness (QED) is 0.221. The lowest BCUT2D eigenvalue weighted by atomic mass is 9.47. The van der Waals surface area contributed by atoms with Gasteiger partial charge in [0.25, 0.3) is 0 Å². The van der Waals surface area contributed by atoms with Crippen LogP contribution in [0.15, 0.2) is 23.3 Å². The Hall–Kier alpha value is -0.560. The molecule has 10 unspecified atom stereocenters. The summed E-state index contributed by atoms with van der Waals surface area (Å²) in [5.74, 6) is 4.67. The van der Waals surface area contributed by atoms with E-state index in [-0.39, 0.29) is 45.7 Å². The minimum atomic E-state index is -0.177. The van der Waals surface area contributed by atoms with Gasteiger partial charge in [0, 0.05) is 22.3 Å². The van der Waals surface area contributed by atoms with Crippen LogP contribution in [0.4, 0.5) is 0 Å². The molecule has 0 aromatic carbocycles. The van der Waals surface area contributed by atoms with Gasteiger partial charge in [-0.3, -0.25) is 9.59 Å². The number of hydrogen-bond acceptors (Lipinski definition) is 6. The van der Waals surface area contributed by atoms with Gasteiger partial charge < -0.3 is 10.2 Å². The maximum atomic E-state index is 13.6. The van der Waals surface area contributed by atoms with Crippen LogP contribution in [-0.2, 0) is 9.59 Å². The highest BCUT2D eigenvalue weighted by molar-refractivity contribution is 8.77. The van der Waals surface area contributed by atoms with Crippen LogP contribution in [0, 0.1) is 69.0 Å². The highest BCUT2D eigenvalue weighted by Crippen LogP contribution is 2.71. The molecule has 16 atom stereocenters. The van der Waals surface area contributed by atoms with E-state index >= 15 is 0 Å². The number of fused-ring (bicyclic) bond motifs is 10. The van der Waals surface area contributed by atoms with E-state index in [1.165, 1.54) is 24.0 Å². The molecule has 0 spiro atoms. The lowest BCUT2D eigenvalue weighted by molar-refractivity contribution is -0.128. The zero-order valence-corrected chi connectivity index (χ0v) is 32.1. The second kappa shape index (κ2) is 12.0. The van der Waals surface area contributed by atoms with Crippen molar-refractivity contribution in [3.63, 3.8) is 0 Å². The van der Waals surface area contributed by atoms with Gasteiger partial charge in [-0.1, -0.05) is 72.6 Å². The summed E-state index contributed by atoms with van der Waals surface area (Å²) in [6.45, 7) is 13.7. The lowest BCUT2D eigenvalue weighted by Crippen LogP contribution is -2.51. The first-order valence-corrected chi connectivity index (χ1v) is 22.1. The van der Waals surface area contributed by atoms with Crippen molar-refractivity contribution in [2.45, 2.75) is 154 Å². The van der Waals surface area contributed by atoms with Gasteiger partial charge in [-0.15, -0.1) is 0 Å². The first-order valence-electron chi connectivity index (χ1n) is 19.8. The van der Waals surface area contributed by atoms with Gasteiger partial charge in [0.2, 0.25) is 0 Å². The molecule has 4 nitrogen and oxygen atoms in total. The van der Waals surface area contributed by atoms with Crippen molar-refractivity contribution in [1.82, 2.24) is 0 Å². The van der Waals surface area contributed by atoms with Gasteiger partial charge in [0.15, 0.2) is 0 Å². The minimum absolute atomic E-state index is 0.0547. The molecule has 0 amide bonds. The summed E-state index contributed by atoms with van der Waals surface area (Å²) < 4.78 is 0. The average Bonchev–Trinajstić information content (AvgIpc) is 3.51. The molecule has 0 radical (unpaired) electrons. The zero-order valence-electron chi connectivity index (χ0n) is 30.5. The normalized spacial score (nSPS) is 54.0. The average molecular weight is 695 g/mol. The lowest BCUT2D eigenvalue weighted by Gasteiger charge is -2.57. The molecule has 6 fully saturated rings. The highest BCUT2D eigenvalue weighted by Gasteiger charge is 2.64. The Bertz CT molecular complexity index is 1300. The molecule has 48 heavy (non-hydrogen) atoms. The Labute approximate surface area is 298 Å². The SMILES string of the molecule is CC(=O)C1[C@@H](SS[C@@H]2CC3C4CC=C5CC(O)CC[C@]5(C)C4CC[C@]3(C)C2C(C)=O)CC2C3CC=C4CC(O)CC[C@@]4(C)C3CC[C@]21C. The zero-order chi connectivity index (χ0) is 34.0. The summed E-state index contributed by atoms with van der Waals surface area (Å²) in [6, 6.07) is 0. The molecule has 6 heteroatoms. The Morgan fingerprint density at radius 3 is 1.40 bits per heavy atom. The second-order valence-corrected chi connectivity index (χ2v) is 22.1. The number of aliphatic hydroxyl groups excluding tert-OH is 2. The summed E-state index contributed by atoms with van der Waals surface area (Å²) >= 11 is 0. The molecule has 0 aromatic rings. The third kappa shape index (κ3) is 4.97. The topological polar surface area (TPSA) is 74.6 Å². The van der Waals surface area contributed by atoms with Crippen LogP contribution >= 0.6 is 21.6 Å². The summed E-state index contributed by atoms with van der Waals surface area (Å²) in [5.41, 5.74) is 3.56. The molecule has 0 aromatic heterocycles. The molecule has 6 saturated carbocycles. The first kappa shape index (κ1) is 34.5. The van der Waals surface area contributed by atoms with Crippen molar-refractivity contribution in [1.29, 1.82) is 0 Å². The Kier molecular flexibility index (Phi) is 8.62. The standard InChI is InChI=1S/C42H62O4S2/c1-23(43)37-35(21-33-29-9-7-25-19-27(45)11-15-39(25,3)31(29)13-17-41(33,37)5)47-48-36-22-34-30-10-8-26-20-28(46)12-16-40(26,4)32(30)14-18-42(34,6)38(36)24(2)44/h7-8,27-38,45-46H,9-22H2,1-6H3/t27?,28?,29?,30?,31?,32?,33?,34?,35-,36+,37?,38?,39+,40-,41+,42-. The van der Waals surface area contributed by atoms with E-state index in [4.69, 9.17) is 0 Å². The van der Waals surface area contributed by atoms with Crippen molar-refractivity contribution in [2.24, 2.45) is 69.0 Å². The molecule has 266 valence electrons. The molecule has 8 rings (SSSR count). The molecule has 0 heterocycles. The molecule has 0 saturated heterocycles. The monoisotopic (exact) mass is 694 g/mol. The van der Waals surface area contributed by atoms with E-state index in [0.29, 0.717) is 57.6 Å². The van der Waals surface area contributed by atoms with E-state index in [2.05, 4.69) is 39.8 Å². The number of aliphatic hydroxyl groups is 2. The molecule has 8 aliphatic rings. The Balaban J connectivity index is 1.02. The fraction of sp³-hybridized carbons (Fsp3) is 0.857. The summed E-state index contributed by atoms with van der Waals surface area (Å²) in [4.78, 5) is 27.2. The van der Waals surface area contributed by atoms with E-state index in [9.17, 15) is 19.8 Å². The molecule has 0 bridgehead atoms. The Morgan fingerprint density at radius 1 is 0.625 bits per heavy atom. The van der Waals surface area contributed by atoms with Gasteiger partial charge in [0.1, 0.15) is 11.6 Å². The van der Waals surface area contributed by atoms with Crippen molar-refractivity contribution < 1.29 is 19.8 Å². The number of allylic oxidation sites excluding steroid dienone is 2. The van der Waals surface area contributed by atoms with Gasteiger partial charge >= 0.3 is 0 Å². The first-order chi connectivity index (χ1) is 22.7. The fourth-order valence-electron chi connectivity index (χ4n) is 15.0. The number of ketones is 2. The molecule has 0 aliphatic heterocycles. The van der Waals surface area contributed by atoms with Gasteiger partial charge in [-0.2, -0.15) is 0 Å². The van der Waals surface area contributed by atoms with E-state index < -0.39 is 0 Å². The van der Waals surface area contributed by atoms with E-state index in [0.717, 1.165) is 77.0 Å². The predicted molar refractivity (Wildman–Crippen MR) is 197 cm³/mol. The maximum Gasteiger partial charge on any atom is 0.134 e. The molecular formula is C42H62O4S2. The van der Waals surface area contributed by atoms with Crippen LogP contribution in [0.25, 0.3) is 0 Å². The van der Waals surface area contributed by atoms with Crippen molar-refractivity contribution >= 4 is 33.2 Å². The third-order valence-corrected chi connectivity index (χ3v) is 20.7. The highest BCUT2D eigenvalue weighted by atomic mass is 33.1. The van der Waals surface area contributed by atoms with Gasteiger partial charge in [-0.25, -0.2) is 0 Å². The molecule has 8 aliphatic carbocycles. The minimum Gasteiger partial charge on any atom is -0.393 e. The number of rotatable bonds is 5. The largest absolute Gasteiger partial charge is 0.393 e. The van der Waals surface area contributed by atoms with Crippen molar-refractivity contribution in [2.75, 3.05) is 0 Å². The third-order valence-electron chi connectivity index (χ3n) is 17.3. The van der Waals surface area contributed by atoms with Crippen LogP contribution in [0.5, 0.6) is 0 Å². The number of Topliss-reactive ketones (excluding diaryl/α,β-unsaturated/α-hetero) is 2. The Morgan fingerprint density at radius 2 is 1.02 bits per heavy atom. The van der Waals surface area contributed by atoms with Crippen LogP contribution < -0.4 is 0 Å². The van der Waals surface area contributed by atoms with E-state index in [1.807, 2.05) is 35.4 Å².